The summed E-state index contributed by atoms with van der Waals surface area (Å²) in [5.74, 6) is 0. The lowest BCUT2D eigenvalue weighted by Crippen LogP contribution is -2.31. The predicted molar refractivity (Wildman–Crippen MR) is 60.7 cm³/mol. The first-order valence-corrected chi connectivity index (χ1v) is 5.01. The molecule has 1 aliphatic heterocycles. The van der Waals surface area contributed by atoms with Gasteiger partial charge in [-0.05, 0) is 39.2 Å². The maximum absolute atomic E-state index is 5.62. The van der Waals surface area contributed by atoms with E-state index in [0.29, 0.717) is 6.54 Å². The van der Waals surface area contributed by atoms with Crippen molar-refractivity contribution in [3.63, 3.8) is 0 Å². The van der Waals surface area contributed by atoms with Crippen molar-refractivity contribution in [3.05, 3.63) is 24.0 Å². The fourth-order valence-corrected chi connectivity index (χ4v) is 1.29. The average Bonchev–Trinajstić information content (AvgIpc) is 2.10. The lowest BCUT2D eigenvalue weighted by molar-refractivity contribution is 0.0860. The van der Waals surface area contributed by atoms with Crippen molar-refractivity contribution in [1.29, 1.82) is 0 Å². The van der Waals surface area contributed by atoms with Crippen LogP contribution < -0.4 is 0 Å². The van der Waals surface area contributed by atoms with Crippen LogP contribution in [0.1, 0.15) is 33.6 Å². The molecule has 0 aliphatic carbocycles. The van der Waals surface area contributed by atoms with E-state index in [-0.39, 0.29) is 5.60 Å². The van der Waals surface area contributed by atoms with Crippen molar-refractivity contribution < 1.29 is 4.74 Å². The van der Waals surface area contributed by atoms with Gasteiger partial charge in [-0.15, -0.1) is 0 Å². The molecule has 78 valence electrons. The van der Waals surface area contributed by atoms with Gasteiger partial charge in [-0.2, -0.15) is 0 Å². The number of rotatable bonds is 3. The molecular weight excluding hydrogens is 174 g/mol. The molecule has 2 heteroatoms. The molecule has 0 fully saturated rings. The highest BCUT2D eigenvalue weighted by atomic mass is 16.5. The Morgan fingerprint density at radius 1 is 1.79 bits per heavy atom. The third kappa shape index (κ3) is 3.36. The minimum atomic E-state index is -0.213. The molecular formula is C12H19NO. The Kier molecular flexibility index (Phi) is 3.50. The maximum Gasteiger partial charge on any atom is 0.140 e. The molecule has 0 amide bonds. The zero-order valence-electron chi connectivity index (χ0n) is 9.34. The number of ether oxygens (including phenoxy) is 1. The molecule has 0 aromatic carbocycles. The van der Waals surface area contributed by atoms with Gasteiger partial charge in [-0.3, -0.25) is 4.99 Å². The summed E-state index contributed by atoms with van der Waals surface area (Å²) in [5, 5.41) is 0. The molecule has 2 nitrogen and oxygen atoms in total. The van der Waals surface area contributed by atoms with Gasteiger partial charge in [0.25, 0.3) is 0 Å². The zero-order valence-corrected chi connectivity index (χ0v) is 9.34. The highest BCUT2D eigenvalue weighted by Gasteiger charge is 2.25. The molecule has 0 bridgehead atoms. The van der Waals surface area contributed by atoms with E-state index in [1.807, 2.05) is 19.4 Å². The first-order valence-electron chi connectivity index (χ1n) is 5.01. The number of nitrogens with zero attached hydrogens (tertiary/aromatic N) is 1. The summed E-state index contributed by atoms with van der Waals surface area (Å²) in [6.07, 6.45) is 5.85. The minimum Gasteiger partial charge on any atom is -0.490 e. The monoisotopic (exact) mass is 193 g/mol. The Morgan fingerprint density at radius 3 is 3.00 bits per heavy atom. The van der Waals surface area contributed by atoms with Crippen LogP contribution >= 0.6 is 0 Å². The molecule has 0 aromatic rings. The largest absolute Gasteiger partial charge is 0.490 e. The van der Waals surface area contributed by atoms with Crippen molar-refractivity contribution in [2.45, 2.75) is 39.2 Å². The molecule has 0 spiro atoms. The Bertz CT molecular complexity index is 278. The van der Waals surface area contributed by atoms with Crippen LogP contribution in [0.5, 0.6) is 0 Å². The summed E-state index contributed by atoms with van der Waals surface area (Å²) >= 11 is 0. The highest BCUT2D eigenvalue weighted by molar-refractivity contribution is 5.68. The van der Waals surface area contributed by atoms with Gasteiger partial charge in [0.2, 0.25) is 0 Å². The minimum absolute atomic E-state index is 0.213. The van der Waals surface area contributed by atoms with Crippen molar-refractivity contribution in [2.75, 3.05) is 6.54 Å². The van der Waals surface area contributed by atoms with E-state index in [9.17, 15) is 0 Å². The summed E-state index contributed by atoms with van der Waals surface area (Å²) in [7, 11) is 0. The van der Waals surface area contributed by atoms with Crippen LogP contribution in [0.15, 0.2) is 29.0 Å². The zero-order chi connectivity index (χ0) is 10.6. The van der Waals surface area contributed by atoms with E-state index in [1.165, 1.54) is 5.57 Å². The Balaban J connectivity index is 2.51. The van der Waals surface area contributed by atoms with E-state index in [0.717, 1.165) is 18.4 Å². The molecule has 0 unspecified atom stereocenters. The summed E-state index contributed by atoms with van der Waals surface area (Å²) in [6.45, 7) is 10.6. The van der Waals surface area contributed by atoms with Gasteiger partial charge in [0.1, 0.15) is 5.60 Å². The van der Waals surface area contributed by atoms with Gasteiger partial charge in [0.05, 0.1) is 12.8 Å². The molecule has 1 atom stereocenters. The Morgan fingerprint density at radius 2 is 2.50 bits per heavy atom. The van der Waals surface area contributed by atoms with Crippen LogP contribution in [0.3, 0.4) is 0 Å². The molecule has 1 aliphatic rings. The molecule has 0 radical (unpaired) electrons. The molecule has 1 heterocycles. The van der Waals surface area contributed by atoms with Crippen LogP contribution in [0.4, 0.5) is 0 Å². The molecule has 0 saturated carbocycles. The quantitative estimate of drug-likeness (QED) is 0.498. The van der Waals surface area contributed by atoms with Crippen molar-refractivity contribution in [2.24, 2.45) is 4.99 Å². The van der Waals surface area contributed by atoms with Gasteiger partial charge >= 0.3 is 0 Å². The summed E-state index contributed by atoms with van der Waals surface area (Å²) in [5.41, 5.74) is 2.16. The van der Waals surface area contributed by atoms with Crippen molar-refractivity contribution in [1.82, 2.24) is 0 Å². The summed E-state index contributed by atoms with van der Waals surface area (Å²) in [4.78, 5) is 4.31. The Labute approximate surface area is 86.4 Å². The fraction of sp³-hybridized carbons (Fsp3) is 0.583. The fourth-order valence-electron chi connectivity index (χ4n) is 1.29. The van der Waals surface area contributed by atoms with Crippen LogP contribution in [-0.2, 0) is 4.74 Å². The second-order valence-electron chi connectivity index (χ2n) is 4.32. The van der Waals surface area contributed by atoms with Gasteiger partial charge in [0, 0.05) is 6.21 Å². The lowest BCUT2D eigenvalue weighted by atomic mass is 9.96. The molecule has 0 aromatic heterocycles. The van der Waals surface area contributed by atoms with E-state index >= 15 is 0 Å². The number of aliphatic imine (C=N–C) groups is 1. The summed E-state index contributed by atoms with van der Waals surface area (Å²) in [6, 6.07) is 0. The van der Waals surface area contributed by atoms with Gasteiger partial charge < -0.3 is 4.74 Å². The van der Waals surface area contributed by atoms with Crippen molar-refractivity contribution >= 4 is 6.21 Å². The van der Waals surface area contributed by atoms with E-state index in [4.69, 9.17) is 4.74 Å². The van der Waals surface area contributed by atoms with E-state index in [2.05, 4.69) is 25.4 Å². The van der Waals surface area contributed by atoms with Crippen LogP contribution in [-0.4, -0.2) is 18.4 Å². The summed E-state index contributed by atoms with van der Waals surface area (Å²) < 4.78 is 5.62. The van der Waals surface area contributed by atoms with E-state index in [1.54, 1.807) is 0 Å². The smallest absolute Gasteiger partial charge is 0.140 e. The first kappa shape index (κ1) is 11.0. The molecule has 0 saturated heterocycles. The SMILES string of the molecule is C=C(C)CN=C[C@@]1(C)CCC(C)=CO1. The molecule has 14 heavy (non-hydrogen) atoms. The third-order valence-electron chi connectivity index (χ3n) is 2.27. The number of allylic oxidation sites excluding steroid dienone is 1. The van der Waals surface area contributed by atoms with Crippen LogP contribution in [0.2, 0.25) is 0 Å². The normalized spacial score (nSPS) is 27.2. The standard InChI is InChI=1S/C12H19NO/c1-10(2)7-13-9-12(4)6-5-11(3)8-14-12/h8-9H,1,5-7H2,2-4H3/t12-/m1/s1. The van der Waals surface area contributed by atoms with Crippen LogP contribution in [0, 0.1) is 0 Å². The van der Waals surface area contributed by atoms with Gasteiger partial charge in [-0.1, -0.05) is 12.2 Å². The molecule has 0 N–H and O–H groups in total. The average molecular weight is 193 g/mol. The lowest BCUT2D eigenvalue weighted by Gasteiger charge is -2.29. The number of hydrogen-bond donors (Lipinski definition) is 0. The van der Waals surface area contributed by atoms with Gasteiger partial charge in [-0.25, -0.2) is 0 Å². The maximum atomic E-state index is 5.62. The highest BCUT2D eigenvalue weighted by Crippen LogP contribution is 2.24. The number of hydrogen-bond acceptors (Lipinski definition) is 2. The van der Waals surface area contributed by atoms with Crippen molar-refractivity contribution in [3.8, 4) is 0 Å². The predicted octanol–water partition coefficient (Wildman–Crippen LogP) is 3.11. The van der Waals surface area contributed by atoms with E-state index < -0.39 is 0 Å². The van der Waals surface area contributed by atoms with Gasteiger partial charge in [0.15, 0.2) is 0 Å². The molecule has 1 rings (SSSR count). The third-order valence-corrected chi connectivity index (χ3v) is 2.27. The topological polar surface area (TPSA) is 21.6 Å². The Hall–Kier alpha value is -1.05. The van der Waals surface area contributed by atoms with Crippen LogP contribution in [0.25, 0.3) is 0 Å². The first-order chi connectivity index (χ1) is 6.52. The second kappa shape index (κ2) is 4.45. The second-order valence-corrected chi connectivity index (χ2v) is 4.32.